The molecule has 0 saturated carbocycles. The van der Waals surface area contributed by atoms with Gasteiger partial charge in [0.1, 0.15) is 0 Å². The van der Waals surface area contributed by atoms with Crippen molar-refractivity contribution in [1.29, 1.82) is 0 Å². The number of hydrogen-bond acceptors (Lipinski definition) is 6. The van der Waals surface area contributed by atoms with Crippen LogP contribution in [0.4, 0.5) is 11.4 Å². The minimum atomic E-state index is -1.13. The van der Waals surface area contributed by atoms with Crippen molar-refractivity contribution in [3.05, 3.63) is 94.5 Å². The second-order valence-corrected chi connectivity index (χ2v) is 7.31. The largest absolute Gasteiger partial charge is 0.478 e. The summed E-state index contributed by atoms with van der Waals surface area (Å²) in [6.07, 6.45) is 0. The van der Waals surface area contributed by atoms with Crippen LogP contribution >= 0.6 is 0 Å². The number of benzene rings is 3. The molecule has 0 radical (unpaired) electrons. The first-order valence-electron chi connectivity index (χ1n) is 10.2. The number of rotatable bonds is 6. The molecule has 3 aromatic carbocycles. The second-order valence-electron chi connectivity index (χ2n) is 7.31. The lowest BCUT2D eigenvalue weighted by molar-refractivity contribution is 0.0525. The first kappa shape index (κ1) is 22.4. The molecule has 0 unspecified atom stereocenters. The van der Waals surface area contributed by atoms with Gasteiger partial charge in [0, 0.05) is 11.3 Å². The molecule has 170 valence electrons. The van der Waals surface area contributed by atoms with Crippen molar-refractivity contribution in [1.82, 2.24) is 0 Å². The zero-order valence-corrected chi connectivity index (χ0v) is 17.9. The summed E-state index contributed by atoms with van der Waals surface area (Å²) in [7, 11) is 0. The van der Waals surface area contributed by atoms with E-state index in [1.165, 1.54) is 66.7 Å². The smallest absolute Gasteiger partial charge is 0.338 e. The molecule has 9 heteroatoms. The van der Waals surface area contributed by atoms with E-state index in [2.05, 4.69) is 5.32 Å². The van der Waals surface area contributed by atoms with Crippen LogP contribution in [0.1, 0.15) is 58.7 Å². The lowest BCUT2D eigenvalue weighted by atomic mass is 10.1. The van der Waals surface area contributed by atoms with Crippen LogP contribution in [0.3, 0.4) is 0 Å². The Kier molecular flexibility index (Phi) is 5.92. The van der Waals surface area contributed by atoms with Crippen molar-refractivity contribution in [3.8, 4) is 0 Å². The molecule has 0 bridgehead atoms. The molecule has 0 aromatic heterocycles. The van der Waals surface area contributed by atoms with Crippen LogP contribution in [0.5, 0.6) is 0 Å². The maximum atomic E-state index is 13.0. The lowest BCUT2D eigenvalue weighted by Gasteiger charge is -2.14. The molecule has 9 nitrogen and oxygen atoms in total. The summed E-state index contributed by atoms with van der Waals surface area (Å²) >= 11 is 0. The van der Waals surface area contributed by atoms with Gasteiger partial charge < -0.3 is 15.2 Å². The molecular formula is C25H18N2O7. The molecule has 1 aliphatic heterocycles. The average Bonchev–Trinajstić information content (AvgIpc) is 3.08. The van der Waals surface area contributed by atoms with Gasteiger partial charge in [-0.15, -0.1) is 0 Å². The van der Waals surface area contributed by atoms with Gasteiger partial charge in [-0.3, -0.25) is 14.4 Å². The van der Waals surface area contributed by atoms with Gasteiger partial charge in [-0.05, 0) is 67.6 Å². The summed E-state index contributed by atoms with van der Waals surface area (Å²) in [6.45, 7) is 1.91. The van der Waals surface area contributed by atoms with Gasteiger partial charge in [0.05, 0.1) is 34.5 Å². The summed E-state index contributed by atoms with van der Waals surface area (Å²) in [5, 5.41) is 11.7. The van der Waals surface area contributed by atoms with Gasteiger partial charge in [-0.1, -0.05) is 6.07 Å². The van der Waals surface area contributed by atoms with E-state index in [1.807, 2.05) is 0 Å². The van der Waals surface area contributed by atoms with Crippen LogP contribution in [-0.2, 0) is 4.74 Å². The lowest BCUT2D eigenvalue weighted by Crippen LogP contribution is -2.29. The molecule has 1 heterocycles. The molecular weight excluding hydrogens is 440 g/mol. The van der Waals surface area contributed by atoms with E-state index in [0.717, 1.165) is 4.90 Å². The maximum Gasteiger partial charge on any atom is 0.338 e. The van der Waals surface area contributed by atoms with Gasteiger partial charge in [-0.25, -0.2) is 14.5 Å². The van der Waals surface area contributed by atoms with Crippen LogP contribution in [0.25, 0.3) is 0 Å². The number of aromatic carboxylic acids is 1. The van der Waals surface area contributed by atoms with Crippen LogP contribution in [0.15, 0.2) is 66.7 Å². The minimum Gasteiger partial charge on any atom is -0.478 e. The summed E-state index contributed by atoms with van der Waals surface area (Å²) in [4.78, 5) is 62.5. The van der Waals surface area contributed by atoms with E-state index in [1.54, 1.807) is 6.92 Å². The number of imide groups is 1. The maximum absolute atomic E-state index is 13.0. The molecule has 0 aliphatic carbocycles. The highest BCUT2D eigenvalue weighted by atomic mass is 16.5. The predicted octanol–water partition coefficient (Wildman–Crippen LogP) is 3.61. The van der Waals surface area contributed by atoms with Crippen molar-refractivity contribution in [2.45, 2.75) is 6.92 Å². The molecule has 3 amide bonds. The Bertz CT molecular complexity index is 1350. The summed E-state index contributed by atoms with van der Waals surface area (Å²) in [5.41, 5.74) is 1.17. The van der Waals surface area contributed by atoms with Crippen molar-refractivity contribution in [3.63, 3.8) is 0 Å². The van der Waals surface area contributed by atoms with Gasteiger partial charge >= 0.3 is 11.9 Å². The first-order valence-corrected chi connectivity index (χ1v) is 10.2. The quantitative estimate of drug-likeness (QED) is 0.426. The molecule has 0 fully saturated rings. The van der Waals surface area contributed by atoms with Crippen molar-refractivity contribution in [2.75, 3.05) is 16.8 Å². The second kappa shape index (κ2) is 8.99. The number of fused-ring (bicyclic) bond motifs is 1. The van der Waals surface area contributed by atoms with Gasteiger partial charge in [-0.2, -0.15) is 0 Å². The Hall–Kier alpha value is -4.79. The Balaban J connectivity index is 1.56. The van der Waals surface area contributed by atoms with Crippen LogP contribution in [0, 0.1) is 0 Å². The zero-order valence-electron chi connectivity index (χ0n) is 17.9. The van der Waals surface area contributed by atoms with Crippen LogP contribution in [-0.4, -0.2) is 41.4 Å². The topological polar surface area (TPSA) is 130 Å². The fourth-order valence-corrected chi connectivity index (χ4v) is 3.51. The third-order valence-corrected chi connectivity index (χ3v) is 5.15. The number of carbonyl (C=O) groups is 5. The number of carbonyl (C=O) groups excluding carboxylic acids is 4. The number of carboxylic acids is 1. The molecule has 0 atom stereocenters. The third kappa shape index (κ3) is 4.14. The van der Waals surface area contributed by atoms with Crippen molar-refractivity contribution < 1.29 is 33.8 Å². The highest BCUT2D eigenvalue weighted by molar-refractivity contribution is 6.34. The standard InChI is InChI=1S/C25H18N2O7/c1-2-34-25(33)14-6-9-18(10-7-14)27-22(29)19-11-8-15(13-20(19)23(27)30)21(28)26-17-5-3-4-16(12-17)24(31)32/h3-13H,2H2,1H3,(H,26,28)(H,31,32). The number of carboxylic acid groups (broad SMARTS) is 1. The first-order chi connectivity index (χ1) is 16.3. The van der Waals surface area contributed by atoms with Crippen LogP contribution in [0.2, 0.25) is 0 Å². The molecule has 4 rings (SSSR count). The zero-order chi connectivity index (χ0) is 24.4. The third-order valence-electron chi connectivity index (χ3n) is 5.15. The Morgan fingerprint density at radius 3 is 2.21 bits per heavy atom. The Morgan fingerprint density at radius 2 is 1.53 bits per heavy atom. The molecule has 3 aromatic rings. The van der Waals surface area contributed by atoms with E-state index < -0.39 is 29.7 Å². The SMILES string of the molecule is CCOC(=O)c1ccc(N2C(=O)c3ccc(C(=O)Nc4cccc(C(=O)O)c4)cc3C2=O)cc1. The number of nitrogens with one attached hydrogen (secondary N) is 1. The normalized spacial score (nSPS) is 12.3. The molecule has 2 N–H and O–H groups in total. The van der Waals surface area contributed by atoms with E-state index in [9.17, 15) is 24.0 Å². The van der Waals surface area contributed by atoms with E-state index >= 15 is 0 Å². The van der Waals surface area contributed by atoms with E-state index in [0.29, 0.717) is 0 Å². The van der Waals surface area contributed by atoms with E-state index in [-0.39, 0.29) is 45.8 Å². The summed E-state index contributed by atoms with van der Waals surface area (Å²) < 4.78 is 4.93. The number of nitrogens with zero attached hydrogens (tertiary/aromatic N) is 1. The summed E-state index contributed by atoms with van der Waals surface area (Å²) in [6, 6.07) is 15.7. The number of amides is 3. The Morgan fingerprint density at radius 1 is 0.853 bits per heavy atom. The molecule has 0 spiro atoms. The van der Waals surface area contributed by atoms with Gasteiger partial charge in [0.2, 0.25) is 0 Å². The van der Waals surface area contributed by atoms with Crippen molar-refractivity contribution >= 4 is 41.0 Å². The number of esters is 1. The molecule has 0 saturated heterocycles. The van der Waals surface area contributed by atoms with Crippen LogP contribution < -0.4 is 10.2 Å². The number of anilines is 2. The molecule has 1 aliphatic rings. The van der Waals surface area contributed by atoms with E-state index in [4.69, 9.17) is 9.84 Å². The molecule has 34 heavy (non-hydrogen) atoms. The predicted molar refractivity (Wildman–Crippen MR) is 121 cm³/mol. The minimum absolute atomic E-state index is 0.0112. The highest BCUT2D eigenvalue weighted by Crippen LogP contribution is 2.29. The number of ether oxygens (including phenoxy) is 1. The summed E-state index contributed by atoms with van der Waals surface area (Å²) in [5.74, 6) is -3.37. The highest BCUT2D eigenvalue weighted by Gasteiger charge is 2.37. The monoisotopic (exact) mass is 458 g/mol. The fraction of sp³-hybridized carbons (Fsp3) is 0.0800. The average molecular weight is 458 g/mol. The number of hydrogen-bond donors (Lipinski definition) is 2. The fourth-order valence-electron chi connectivity index (χ4n) is 3.51. The van der Waals surface area contributed by atoms with Crippen molar-refractivity contribution in [2.24, 2.45) is 0 Å². The Labute approximate surface area is 193 Å². The van der Waals surface area contributed by atoms with Gasteiger partial charge in [0.15, 0.2) is 0 Å². The van der Waals surface area contributed by atoms with Gasteiger partial charge in [0.25, 0.3) is 17.7 Å².